The van der Waals surface area contributed by atoms with Gasteiger partial charge in [-0.25, -0.2) is 9.37 Å². The molecule has 0 radical (unpaired) electrons. The minimum atomic E-state index is -1.26. The van der Waals surface area contributed by atoms with Gasteiger partial charge in [-0.05, 0) is 12.5 Å². The van der Waals surface area contributed by atoms with Gasteiger partial charge in [-0.1, -0.05) is 13.0 Å². The Labute approximate surface area is 98.8 Å². The van der Waals surface area contributed by atoms with Crippen LogP contribution in [-0.2, 0) is 0 Å². The van der Waals surface area contributed by atoms with Crippen LogP contribution in [0.15, 0.2) is 24.9 Å². The monoisotopic (exact) mass is 240 g/mol. The van der Waals surface area contributed by atoms with Gasteiger partial charge in [0, 0.05) is 19.3 Å². The molecule has 0 saturated carbocycles. The molecule has 0 saturated heterocycles. The van der Waals surface area contributed by atoms with Crippen LogP contribution in [0.4, 0.5) is 8.78 Å². The van der Waals surface area contributed by atoms with E-state index in [1.807, 2.05) is 6.92 Å². The summed E-state index contributed by atoms with van der Waals surface area (Å²) in [6, 6.07) is 1.17. The van der Waals surface area contributed by atoms with Crippen LogP contribution in [0.5, 0.6) is 0 Å². The number of carbonyl (C=O) groups is 1. The van der Waals surface area contributed by atoms with E-state index < -0.39 is 17.7 Å². The summed E-state index contributed by atoms with van der Waals surface area (Å²) < 4.78 is 26.3. The zero-order valence-electron chi connectivity index (χ0n) is 9.62. The van der Waals surface area contributed by atoms with Crippen molar-refractivity contribution in [3.8, 4) is 0 Å². The second kappa shape index (κ2) is 6.08. The molecule has 3 nitrogen and oxygen atoms in total. The highest BCUT2D eigenvalue weighted by Gasteiger charge is 2.20. The summed E-state index contributed by atoms with van der Waals surface area (Å²) >= 11 is 0. The van der Waals surface area contributed by atoms with Gasteiger partial charge in [0.1, 0.15) is 0 Å². The molecule has 1 heterocycles. The van der Waals surface area contributed by atoms with Crippen LogP contribution in [-0.4, -0.2) is 28.9 Å². The lowest BCUT2D eigenvalue weighted by Crippen LogP contribution is -2.32. The highest BCUT2D eigenvalue weighted by Crippen LogP contribution is 2.12. The molecule has 0 aromatic carbocycles. The maximum Gasteiger partial charge on any atom is 0.257 e. The lowest BCUT2D eigenvalue weighted by molar-refractivity contribution is 0.0767. The maximum atomic E-state index is 13.4. The third-order valence-electron chi connectivity index (χ3n) is 2.21. The summed E-state index contributed by atoms with van der Waals surface area (Å²) in [5.41, 5.74) is -0.298. The third-order valence-corrected chi connectivity index (χ3v) is 2.21. The molecular formula is C12H14F2N2O. The minimum absolute atomic E-state index is 0.298. The zero-order valence-corrected chi connectivity index (χ0v) is 9.62. The zero-order chi connectivity index (χ0) is 12.8. The van der Waals surface area contributed by atoms with Crippen molar-refractivity contribution >= 4 is 5.91 Å². The van der Waals surface area contributed by atoms with Crippen LogP contribution in [0.3, 0.4) is 0 Å². The van der Waals surface area contributed by atoms with Gasteiger partial charge < -0.3 is 4.90 Å². The van der Waals surface area contributed by atoms with Gasteiger partial charge in [-0.3, -0.25) is 4.79 Å². The van der Waals surface area contributed by atoms with E-state index in [2.05, 4.69) is 11.6 Å². The summed E-state index contributed by atoms with van der Waals surface area (Å²) in [5, 5.41) is 0. The van der Waals surface area contributed by atoms with Crippen molar-refractivity contribution in [1.29, 1.82) is 0 Å². The molecule has 0 aliphatic rings. The predicted molar refractivity (Wildman–Crippen MR) is 60.5 cm³/mol. The van der Waals surface area contributed by atoms with Crippen molar-refractivity contribution in [1.82, 2.24) is 9.88 Å². The van der Waals surface area contributed by atoms with E-state index >= 15 is 0 Å². The average Bonchev–Trinajstić information content (AvgIpc) is 2.31. The topological polar surface area (TPSA) is 33.2 Å². The molecule has 0 N–H and O–H groups in total. The quantitative estimate of drug-likeness (QED) is 0.585. The molecule has 0 aliphatic carbocycles. The van der Waals surface area contributed by atoms with Gasteiger partial charge in [-0.2, -0.15) is 4.39 Å². The fourth-order valence-corrected chi connectivity index (χ4v) is 1.46. The largest absolute Gasteiger partial charge is 0.335 e. The van der Waals surface area contributed by atoms with Crippen molar-refractivity contribution in [3.63, 3.8) is 0 Å². The normalized spacial score (nSPS) is 10.1. The molecule has 1 amide bonds. The molecule has 0 unspecified atom stereocenters. The molecular weight excluding hydrogens is 226 g/mol. The van der Waals surface area contributed by atoms with E-state index in [9.17, 15) is 13.6 Å². The first-order valence-corrected chi connectivity index (χ1v) is 5.32. The standard InChI is InChI=1S/C12H14F2N2O/c1-3-7-16(8-4-2)12(17)9-5-6-15-11(14)10(9)13/h3,5-6H,1,4,7-8H2,2H3. The van der Waals surface area contributed by atoms with Crippen molar-refractivity contribution in [2.24, 2.45) is 0 Å². The first kappa shape index (κ1) is 13.3. The lowest BCUT2D eigenvalue weighted by atomic mass is 10.2. The van der Waals surface area contributed by atoms with E-state index in [0.717, 1.165) is 12.6 Å². The van der Waals surface area contributed by atoms with Crippen LogP contribution in [0, 0.1) is 11.8 Å². The molecule has 0 fully saturated rings. The third kappa shape index (κ3) is 3.09. The van der Waals surface area contributed by atoms with Gasteiger partial charge in [0.25, 0.3) is 5.91 Å². The Morgan fingerprint density at radius 1 is 1.59 bits per heavy atom. The summed E-state index contributed by atoms with van der Waals surface area (Å²) in [6.45, 7) is 6.19. The Bertz CT molecular complexity index is 421. The summed E-state index contributed by atoms with van der Waals surface area (Å²) in [6.07, 6.45) is 3.35. The Morgan fingerprint density at radius 2 is 2.29 bits per heavy atom. The van der Waals surface area contributed by atoms with Crippen LogP contribution in [0.25, 0.3) is 0 Å². The number of halogens is 2. The van der Waals surface area contributed by atoms with Crippen molar-refractivity contribution < 1.29 is 13.6 Å². The van der Waals surface area contributed by atoms with E-state index in [0.29, 0.717) is 13.1 Å². The van der Waals surface area contributed by atoms with Crippen LogP contribution in [0.1, 0.15) is 23.7 Å². The second-order valence-electron chi connectivity index (χ2n) is 3.50. The SMILES string of the molecule is C=CCN(CCC)C(=O)c1ccnc(F)c1F. The smallest absolute Gasteiger partial charge is 0.257 e. The molecule has 0 bridgehead atoms. The molecule has 0 atom stereocenters. The average molecular weight is 240 g/mol. The lowest BCUT2D eigenvalue weighted by Gasteiger charge is -2.20. The fourth-order valence-electron chi connectivity index (χ4n) is 1.46. The predicted octanol–water partition coefficient (Wildman–Crippen LogP) is 2.40. The molecule has 17 heavy (non-hydrogen) atoms. The van der Waals surface area contributed by atoms with Gasteiger partial charge in [0.15, 0.2) is 5.82 Å². The first-order valence-electron chi connectivity index (χ1n) is 5.32. The van der Waals surface area contributed by atoms with E-state index in [1.165, 1.54) is 11.0 Å². The van der Waals surface area contributed by atoms with Crippen molar-refractivity contribution in [2.45, 2.75) is 13.3 Å². The molecule has 0 aliphatic heterocycles. The van der Waals surface area contributed by atoms with Gasteiger partial charge in [-0.15, -0.1) is 6.58 Å². The van der Waals surface area contributed by atoms with Crippen LogP contribution < -0.4 is 0 Å². The van der Waals surface area contributed by atoms with Gasteiger partial charge in [0.2, 0.25) is 5.95 Å². The number of amides is 1. The number of hydrogen-bond acceptors (Lipinski definition) is 2. The molecule has 5 heteroatoms. The Kier molecular flexibility index (Phi) is 4.75. The Morgan fingerprint density at radius 3 is 2.88 bits per heavy atom. The maximum absolute atomic E-state index is 13.4. The molecule has 1 aromatic heterocycles. The van der Waals surface area contributed by atoms with Crippen molar-refractivity contribution in [2.75, 3.05) is 13.1 Å². The van der Waals surface area contributed by atoms with Crippen LogP contribution in [0.2, 0.25) is 0 Å². The van der Waals surface area contributed by atoms with E-state index in [4.69, 9.17) is 0 Å². The van der Waals surface area contributed by atoms with Gasteiger partial charge >= 0.3 is 0 Å². The summed E-state index contributed by atoms with van der Waals surface area (Å²) in [4.78, 5) is 16.5. The fraction of sp³-hybridized carbons (Fsp3) is 0.333. The number of aromatic nitrogens is 1. The Balaban J connectivity index is 3.00. The second-order valence-corrected chi connectivity index (χ2v) is 3.50. The molecule has 92 valence electrons. The minimum Gasteiger partial charge on any atom is -0.335 e. The van der Waals surface area contributed by atoms with Gasteiger partial charge in [0.05, 0.1) is 5.56 Å². The summed E-state index contributed by atoms with van der Waals surface area (Å²) in [7, 11) is 0. The summed E-state index contributed by atoms with van der Waals surface area (Å²) in [5.74, 6) is -3.01. The molecule has 1 rings (SSSR count). The number of rotatable bonds is 5. The molecule has 0 spiro atoms. The number of hydrogen-bond donors (Lipinski definition) is 0. The van der Waals surface area contributed by atoms with E-state index in [1.54, 1.807) is 6.08 Å². The molecule has 1 aromatic rings. The highest BCUT2D eigenvalue weighted by molar-refractivity contribution is 5.94. The first-order chi connectivity index (χ1) is 8.11. The van der Waals surface area contributed by atoms with E-state index in [-0.39, 0.29) is 5.56 Å². The number of pyridine rings is 1. The highest BCUT2D eigenvalue weighted by atomic mass is 19.2. The van der Waals surface area contributed by atoms with Crippen molar-refractivity contribution in [3.05, 3.63) is 42.2 Å². The number of carbonyl (C=O) groups excluding carboxylic acids is 1. The van der Waals surface area contributed by atoms with Crippen LogP contribution >= 0.6 is 0 Å². The number of nitrogens with zero attached hydrogens (tertiary/aromatic N) is 2. The Hall–Kier alpha value is -1.78.